The molecule has 2 saturated heterocycles. The Hall–Kier alpha value is -2.37. The van der Waals surface area contributed by atoms with Gasteiger partial charge in [0.25, 0.3) is 0 Å². The number of benzene rings is 2. The lowest BCUT2D eigenvalue weighted by atomic mass is 10.2. The van der Waals surface area contributed by atoms with Crippen molar-refractivity contribution in [3.8, 4) is 5.75 Å². The summed E-state index contributed by atoms with van der Waals surface area (Å²) in [5, 5.41) is 0. The van der Waals surface area contributed by atoms with Gasteiger partial charge in [-0.05, 0) is 43.2 Å². The number of para-hydroxylation sites is 1. The van der Waals surface area contributed by atoms with E-state index in [2.05, 4.69) is 0 Å². The number of hydrogen-bond donors (Lipinski definition) is 0. The number of rotatable bonds is 5. The van der Waals surface area contributed by atoms with E-state index in [1.807, 2.05) is 4.90 Å². The van der Waals surface area contributed by atoms with Gasteiger partial charge in [0.2, 0.25) is 20.0 Å². The van der Waals surface area contributed by atoms with Crippen molar-refractivity contribution in [2.24, 2.45) is 0 Å². The number of ether oxygens (including phenoxy) is 1. The van der Waals surface area contributed by atoms with Crippen molar-refractivity contribution in [1.82, 2.24) is 4.31 Å². The van der Waals surface area contributed by atoms with Gasteiger partial charge < -0.3 is 9.64 Å². The molecule has 8 nitrogen and oxygen atoms in total. The molecule has 4 rings (SSSR count). The zero-order valence-corrected chi connectivity index (χ0v) is 19.4. The minimum absolute atomic E-state index is 0.0408. The Morgan fingerprint density at radius 2 is 1.69 bits per heavy atom. The highest BCUT2D eigenvalue weighted by Crippen LogP contribution is 2.34. The summed E-state index contributed by atoms with van der Waals surface area (Å²) in [6.45, 7) is 1.33. The van der Waals surface area contributed by atoms with Crippen LogP contribution in [0.1, 0.15) is 12.8 Å². The number of hydrogen-bond acceptors (Lipinski definition) is 6. The monoisotopic (exact) mass is 483 g/mol. The highest BCUT2D eigenvalue weighted by Gasteiger charge is 2.33. The second-order valence-corrected chi connectivity index (χ2v) is 11.7. The van der Waals surface area contributed by atoms with Gasteiger partial charge in [-0.1, -0.05) is 12.1 Å². The average molecular weight is 484 g/mol. The standard InChI is InChI=1S/C21H26FN3O5S2/c1-30-20-9-8-17(25-10-4-5-15-31(25,26)27)16-21(20)32(28,29)24-13-11-23(12-14-24)19-7-3-2-6-18(19)22/h2-3,6-9,16H,4-5,10-15H2,1H3. The minimum atomic E-state index is -3.95. The molecule has 0 unspecified atom stereocenters. The molecule has 2 aliphatic heterocycles. The third-order valence-corrected chi connectivity index (χ3v) is 9.62. The molecule has 2 aromatic rings. The zero-order chi connectivity index (χ0) is 22.9. The van der Waals surface area contributed by atoms with Gasteiger partial charge >= 0.3 is 0 Å². The van der Waals surface area contributed by atoms with Gasteiger partial charge in [0.05, 0.1) is 24.2 Å². The van der Waals surface area contributed by atoms with E-state index in [0.29, 0.717) is 43.9 Å². The van der Waals surface area contributed by atoms with Crippen molar-refractivity contribution in [2.45, 2.75) is 17.7 Å². The highest BCUT2D eigenvalue weighted by atomic mass is 32.2. The maximum absolute atomic E-state index is 14.1. The number of halogens is 1. The van der Waals surface area contributed by atoms with E-state index in [0.717, 1.165) is 0 Å². The molecule has 0 saturated carbocycles. The van der Waals surface area contributed by atoms with E-state index in [1.54, 1.807) is 24.3 Å². The molecule has 174 valence electrons. The number of anilines is 2. The number of sulfonamides is 2. The van der Waals surface area contributed by atoms with Crippen LogP contribution < -0.4 is 13.9 Å². The van der Waals surface area contributed by atoms with Crippen LogP contribution in [0.5, 0.6) is 5.75 Å². The van der Waals surface area contributed by atoms with Crippen molar-refractivity contribution in [2.75, 3.05) is 54.8 Å². The lowest BCUT2D eigenvalue weighted by Gasteiger charge is -2.36. The Morgan fingerprint density at radius 1 is 0.969 bits per heavy atom. The number of piperazine rings is 1. The molecule has 2 fully saturated rings. The summed E-state index contributed by atoms with van der Waals surface area (Å²) in [7, 11) is -6.06. The lowest BCUT2D eigenvalue weighted by molar-refractivity contribution is 0.373. The Balaban J connectivity index is 1.60. The molecular formula is C21H26FN3O5S2. The van der Waals surface area contributed by atoms with E-state index in [-0.39, 0.29) is 35.3 Å². The molecule has 2 heterocycles. The van der Waals surface area contributed by atoms with Crippen LogP contribution in [0.4, 0.5) is 15.8 Å². The summed E-state index contributed by atoms with van der Waals surface area (Å²) < 4.78 is 73.9. The van der Waals surface area contributed by atoms with E-state index in [1.165, 1.54) is 33.9 Å². The lowest BCUT2D eigenvalue weighted by Crippen LogP contribution is -2.49. The molecule has 0 N–H and O–H groups in total. The summed E-state index contributed by atoms with van der Waals surface area (Å²) >= 11 is 0. The molecule has 0 aliphatic carbocycles. The largest absolute Gasteiger partial charge is 0.495 e. The van der Waals surface area contributed by atoms with Crippen molar-refractivity contribution in [1.29, 1.82) is 0 Å². The summed E-state index contributed by atoms with van der Waals surface area (Å²) in [5.74, 6) is -0.153. The Bertz CT molecular complexity index is 1200. The van der Waals surface area contributed by atoms with Gasteiger partial charge in [-0.15, -0.1) is 0 Å². The maximum Gasteiger partial charge on any atom is 0.246 e. The van der Waals surface area contributed by atoms with Crippen molar-refractivity contribution < 1.29 is 26.0 Å². The first-order valence-corrected chi connectivity index (χ1v) is 13.5. The van der Waals surface area contributed by atoms with Crippen molar-refractivity contribution in [3.63, 3.8) is 0 Å². The second-order valence-electron chi connectivity index (χ2n) is 7.77. The van der Waals surface area contributed by atoms with Crippen LogP contribution in [0.3, 0.4) is 0 Å². The molecular weight excluding hydrogens is 457 g/mol. The van der Waals surface area contributed by atoms with Crippen LogP contribution >= 0.6 is 0 Å². The predicted octanol–water partition coefficient (Wildman–Crippen LogP) is 2.28. The normalized spacial score (nSPS) is 19.7. The first-order valence-electron chi connectivity index (χ1n) is 10.4. The molecule has 0 atom stereocenters. The second kappa shape index (κ2) is 8.87. The van der Waals surface area contributed by atoms with Crippen molar-refractivity contribution >= 4 is 31.4 Å². The Labute approximate surface area is 188 Å². The summed E-state index contributed by atoms with van der Waals surface area (Å²) in [5.41, 5.74) is 0.758. The van der Waals surface area contributed by atoms with Crippen LogP contribution in [0.2, 0.25) is 0 Å². The molecule has 2 aliphatic rings. The maximum atomic E-state index is 14.1. The molecule has 32 heavy (non-hydrogen) atoms. The number of nitrogens with zero attached hydrogens (tertiary/aromatic N) is 3. The molecule has 0 radical (unpaired) electrons. The fraction of sp³-hybridized carbons (Fsp3) is 0.429. The number of methoxy groups -OCH3 is 1. The van der Waals surface area contributed by atoms with Gasteiger partial charge in [0, 0.05) is 32.7 Å². The molecule has 0 amide bonds. The van der Waals surface area contributed by atoms with Gasteiger partial charge in [0.15, 0.2) is 0 Å². The van der Waals surface area contributed by atoms with Crippen LogP contribution in [0, 0.1) is 5.82 Å². The predicted molar refractivity (Wildman–Crippen MR) is 121 cm³/mol. The third kappa shape index (κ3) is 4.28. The summed E-state index contributed by atoms with van der Waals surface area (Å²) in [4.78, 5) is 1.74. The first-order chi connectivity index (χ1) is 15.2. The van der Waals surface area contributed by atoms with Crippen molar-refractivity contribution in [3.05, 3.63) is 48.3 Å². The molecule has 11 heteroatoms. The average Bonchev–Trinajstić information content (AvgIpc) is 2.79. The zero-order valence-electron chi connectivity index (χ0n) is 17.8. The first kappa shape index (κ1) is 22.8. The fourth-order valence-electron chi connectivity index (χ4n) is 4.12. The van der Waals surface area contributed by atoms with Crippen LogP contribution in [-0.2, 0) is 20.0 Å². The van der Waals surface area contributed by atoms with Gasteiger partial charge in [-0.3, -0.25) is 4.31 Å². The van der Waals surface area contributed by atoms with Crippen LogP contribution in [0.15, 0.2) is 47.4 Å². The summed E-state index contributed by atoms with van der Waals surface area (Å²) in [6, 6.07) is 10.8. The van der Waals surface area contributed by atoms with Gasteiger partial charge in [0.1, 0.15) is 16.5 Å². The topological polar surface area (TPSA) is 87.2 Å². The minimum Gasteiger partial charge on any atom is -0.495 e. The SMILES string of the molecule is COc1ccc(N2CCCCS2(=O)=O)cc1S(=O)(=O)N1CCN(c2ccccc2F)CC1. The van der Waals surface area contributed by atoms with E-state index in [4.69, 9.17) is 4.74 Å². The Morgan fingerprint density at radius 3 is 2.34 bits per heavy atom. The van der Waals surface area contributed by atoms with Crippen LogP contribution in [0.25, 0.3) is 0 Å². The smallest absolute Gasteiger partial charge is 0.246 e. The summed E-state index contributed by atoms with van der Waals surface area (Å²) in [6.07, 6.45) is 1.30. The van der Waals surface area contributed by atoms with Gasteiger partial charge in [-0.25, -0.2) is 21.2 Å². The molecule has 2 aromatic carbocycles. The van der Waals surface area contributed by atoms with E-state index < -0.39 is 20.0 Å². The third-order valence-electron chi connectivity index (χ3n) is 5.83. The molecule has 0 spiro atoms. The van der Waals surface area contributed by atoms with Gasteiger partial charge in [-0.2, -0.15) is 4.31 Å². The molecule has 0 bridgehead atoms. The van der Waals surface area contributed by atoms with Crippen LogP contribution in [-0.4, -0.2) is 66.7 Å². The van der Waals surface area contributed by atoms with E-state index >= 15 is 0 Å². The Kier molecular flexibility index (Phi) is 6.33. The fourth-order valence-corrected chi connectivity index (χ4v) is 7.35. The van der Waals surface area contributed by atoms with E-state index in [9.17, 15) is 21.2 Å². The quantitative estimate of drug-likeness (QED) is 0.649. The molecule has 0 aromatic heterocycles. The highest BCUT2D eigenvalue weighted by molar-refractivity contribution is 7.92.